The Kier molecular flexibility index (Phi) is 3.58. The highest BCUT2D eigenvalue weighted by atomic mass is 16.5. The molecule has 5 heteroatoms. The van der Waals surface area contributed by atoms with Crippen LogP contribution in [0.4, 0.5) is 0 Å². The van der Waals surface area contributed by atoms with Gasteiger partial charge in [-0.1, -0.05) is 13.8 Å². The standard InChI is InChI=1S/C16H24N2O3/c1-16(2)13(11-5-6-21-14(11)16)18(3)9-10-7-12(17-8-10)15(19)20-4/h7-8,11,13-14,17H,5-6,9H2,1-4H3/t11-,13-,14+/m1/s1. The molecule has 0 unspecified atom stereocenters. The van der Waals surface area contributed by atoms with Crippen LogP contribution in [0.1, 0.15) is 36.3 Å². The summed E-state index contributed by atoms with van der Waals surface area (Å²) >= 11 is 0. The Labute approximate surface area is 125 Å². The van der Waals surface area contributed by atoms with Gasteiger partial charge >= 0.3 is 5.97 Å². The van der Waals surface area contributed by atoms with Crippen molar-refractivity contribution in [2.75, 3.05) is 20.8 Å². The summed E-state index contributed by atoms with van der Waals surface area (Å²) in [5.74, 6) is 0.321. The quantitative estimate of drug-likeness (QED) is 0.863. The summed E-state index contributed by atoms with van der Waals surface area (Å²) in [4.78, 5) is 16.8. The number of nitrogens with zero attached hydrogens (tertiary/aromatic N) is 1. The van der Waals surface area contributed by atoms with Gasteiger partial charge in [0, 0.05) is 36.7 Å². The van der Waals surface area contributed by atoms with Crippen molar-refractivity contribution in [1.29, 1.82) is 0 Å². The van der Waals surface area contributed by atoms with Gasteiger partial charge in [0.25, 0.3) is 0 Å². The van der Waals surface area contributed by atoms with Gasteiger partial charge in [-0.05, 0) is 25.1 Å². The number of H-pyrrole nitrogens is 1. The Bertz CT molecular complexity index is 537. The fourth-order valence-corrected chi connectivity index (χ4v) is 4.34. The smallest absolute Gasteiger partial charge is 0.354 e. The zero-order chi connectivity index (χ0) is 15.2. The molecule has 1 N–H and O–H groups in total. The van der Waals surface area contributed by atoms with Crippen molar-refractivity contribution in [1.82, 2.24) is 9.88 Å². The lowest BCUT2D eigenvalue weighted by Gasteiger charge is -2.58. The zero-order valence-electron chi connectivity index (χ0n) is 13.2. The molecule has 21 heavy (non-hydrogen) atoms. The molecule has 1 aliphatic heterocycles. The van der Waals surface area contributed by atoms with Crippen molar-refractivity contribution in [2.45, 2.75) is 39.0 Å². The lowest BCUT2D eigenvalue weighted by atomic mass is 9.57. The second-order valence-electron chi connectivity index (χ2n) is 6.84. The van der Waals surface area contributed by atoms with Gasteiger partial charge in [0.05, 0.1) is 13.2 Å². The average Bonchev–Trinajstić information content (AvgIpc) is 3.05. The Hall–Kier alpha value is -1.33. The summed E-state index contributed by atoms with van der Waals surface area (Å²) in [6.07, 6.45) is 3.45. The van der Waals surface area contributed by atoms with Crippen molar-refractivity contribution in [2.24, 2.45) is 11.3 Å². The first kappa shape index (κ1) is 14.6. The predicted molar refractivity (Wildman–Crippen MR) is 79.0 cm³/mol. The SMILES string of the molecule is COC(=O)c1cc(CN(C)[C@@H]2[C@H]3CCO[C@@H]3C2(C)C)c[nH]1. The van der Waals surface area contributed by atoms with Gasteiger partial charge in [0.2, 0.25) is 0 Å². The molecule has 0 aromatic carbocycles. The van der Waals surface area contributed by atoms with Crippen molar-refractivity contribution < 1.29 is 14.3 Å². The molecular formula is C16H24N2O3. The van der Waals surface area contributed by atoms with Crippen LogP contribution in [-0.2, 0) is 16.0 Å². The molecule has 2 aliphatic rings. The van der Waals surface area contributed by atoms with E-state index in [0.717, 1.165) is 25.1 Å². The first-order chi connectivity index (χ1) is 9.95. The van der Waals surface area contributed by atoms with Crippen LogP contribution in [0.3, 0.4) is 0 Å². The second kappa shape index (κ2) is 5.14. The molecular weight excluding hydrogens is 268 g/mol. The lowest BCUT2D eigenvalue weighted by molar-refractivity contribution is -0.151. The number of carbonyl (C=O) groups excluding carboxylic acids is 1. The highest BCUT2D eigenvalue weighted by Crippen LogP contribution is 2.54. The summed E-state index contributed by atoms with van der Waals surface area (Å²) < 4.78 is 10.6. The summed E-state index contributed by atoms with van der Waals surface area (Å²) in [5.41, 5.74) is 1.81. The Balaban J connectivity index is 1.68. The van der Waals surface area contributed by atoms with E-state index in [-0.39, 0.29) is 11.4 Å². The van der Waals surface area contributed by atoms with Gasteiger partial charge in [0.15, 0.2) is 0 Å². The van der Waals surface area contributed by atoms with Crippen molar-refractivity contribution in [3.8, 4) is 0 Å². The number of hydrogen-bond donors (Lipinski definition) is 1. The van der Waals surface area contributed by atoms with Gasteiger partial charge in [-0.25, -0.2) is 4.79 Å². The Morgan fingerprint density at radius 3 is 3.05 bits per heavy atom. The van der Waals surface area contributed by atoms with E-state index < -0.39 is 0 Å². The zero-order valence-corrected chi connectivity index (χ0v) is 13.2. The van der Waals surface area contributed by atoms with Gasteiger partial charge < -0.3 is 14.5 Å². The van der Waals surface area contributed by atoms with E-state index in [0.29, 0.717) is 23.8 Å². The summed E-state index contributed by atoms with van der Waals surface area (Å²) in [7, 11) is 3.55. The van der Waals surface area contributed by atoms with Crippen LogP contribution in [-0.4, -0.2) is 48.8 Å². The minimum absolute atomic E-state index is 0.192. The molecule has 5 nitrogen and oxygen atoms in total. The number of carbonyl (C=O) groups is 1. The second-order valence-corrected chi connectivity index (χ2v) is 6.84. The Morgan fingerprint density at radius 1 is 1.57 bits per heavy atom. The van der Waals surface area contributed by atoms with E-state index in [1.807, 2.05) is 12.3 Å². The third kappa shape index (κ3) is 2.28. The van der Waals surface area contributed by atoms with E-state index in [4.69, 9.17) is 9.47 Å². The number of ether oxygens (including phenoxy) is 2. The van der Waals surface area contributed by atoms with Crippen LogP contribution in [0, 0.1) is 11.3 Å². The molecule has 0 bridgehead atoms. The number of esters is 1. The van der Waals surface area contributed by atoms with Crippen molar-refractivity contribution in [3.63, 3.8) is 0 Å². The number of aromatic nitrogens is 1. The van der Waals surface area contributed by atoms with Gasteiger partial charge in [-0.2, -0.15) is 0 Å². The first-order valence-corrected chi connectivity index (χ1v) is 7.52. The molecule has 0 spiro atoms. The number of methoxy groups -OCH3 is 1. The molecule has 1 saturated heterocycles. The topological polar surface area (TPSA) is 54.6 Å². The molecule has 2 fully saturated rings. The fraction of sp³-hybridized carbons (Fsp3) is 0.688. The maximum Gasteiger partial charge on any atom is 0.354 e. The average molecular weight is 292 g/mol. The number of aromatic amines is 1. The largest absolute Gasteiger partial charge is 0.464 e. The molecule has 1 aromatic heterocycles. The highest BCUT2D eigenvalue weighted by Gasteiger charge is 2.60. The van der Waals surface area contributed by atoms with Crippen molar-refractivity contribution in [3.05, 3.63) is 23.5 Å². The molecule has 116 valence electrons. The third-order valence-corrected chi connectivity index (χ3v) is 5.09. The van der Waals surface area contributed by atoms with Gasteiger partial charge in [-0.3, -0.25) is 4.90 Å². The van der Waals surface area contributed by atoms with E-state index in [1.165, 1.54) is 7.11 Å². The van der Waals surface area contributed by atoms with E-state index in [9.17, 15) is 4.79 Å². The third-order valence-electron chi connectivity index (χ3n) is 5.09. The summed E-state index contributed by atoms with van der Waals surface area (Å²) in [6, 6.07) is 2.40. The van der Waals surface area contributed by atoms with E-state index >= 15 is 0 Å². The van der Waals surface area contributed by atoms with Crippen LogP contribution in [0.5, 0.6) is 0 Å². The minimum Gasteiger partial charge on any atom is -0.464 e. The predicted octanol–water partition coefficient (Wildman–Crippen LogP) is 2.05. The van der Waals surface area contributed by atoms with Gasteiger partial charge in [-0.15, -0.1) is 0 Å². The van der Waals surface area contributed by atoms with Crippen molar-refractivity contribution >= 4 is 5.97 Å². The molecule has 3 atom stereocenters. The number of fused-ring (bicyclic) bond motifs is 1. The molecule has 1 aromatic rings. The molecule has 2 heterocycles. The van der Waals surface area contributed by atoms with Crippen LogP contribution >= 0.6 is 0 Å². The monoisotopic (exact) mass is 292 g/mol. The van der Waals surface area contributed by atoms with Crippen LogP contribution in [0.15, 0.2) is 12.3 Å². The molecule has 3 rings (SSSR count). The van der Waals surface area contributed by atoms with Gasteiger partial charge in [0.1, 0.15) is 5.69 Å². The number of nitrogens with one attached hydrogen (secondary N) is 1. The summed E-state index contributed by atoms with van der Waals surface area (Å²) in [6.45, 7) is 6.29. The normalized spacial score (nSPS) is 30.0. The molecule has 0 radical (unpaired) electrons. The van der Waals surface area contributed by atoms with E-state index in [1.54, 1.807) is 0 Å². The molecule has 0 amide bonds. The number of hydrogen-bond acceptors (Lipinski definition) is 4. The van der Waals surface area contributed by atoms with Crippen LogP contribution in [0.2, 0.25) is 0 Å². The van der Waals surface area contributed by atoms with E-state index in [2.05, 4.69) is 30.8 Å². The summed E-state index contributed by atoms with van der Waals surface area (Å²) in [5, 5.41) is 0. The highest BCUT2D eigenvalue weighted by molar-refractivity contribution is 5.87. The fourth-order valence-electron chi connectivity index (χ4n) is 4.34. The lowest BCUT2D eigenvalue weighted by Crippen LogP contribution is -2.65. The van der Waals surface area contributed by atoms with Crippen LogP contribution < -0.4 is 0 Å². The maximum absolute atomic E-state index is 11.5. The molecule has 1 aliphatic carbocycles. The minimum atomic E-state index is -0.322. The van der Waals surface area contributed by atoms with Crippen LogP contribution in [0.25, 0.3) is 0 Å². The first-order valence-electron chi connectivity index (χ1n) is 7.52. The maximum atomic E-state index is 11.5. The number of rotatable bonds is 4. The molecule has 1 saturated carbocycles. The Morgan fingerprint density at radius 2 is 2.33 bits per heavy atom.